The van der Waals surface area contributed by atoms with Crippen LogP contribution in [0.15, 0.2) is 285 Å². The highest BCUT2D eigenvalue weighted by molar-refractivity contribution is 6.22. The van der Waals surface area contributed by atoms with Crippen molar-refractivity contribution in [2.24, 2.45) is 0 Å². The summed E-state index contributed by atoms with van der Waals surface area (Å²) in [5.74, 6) is 0. The second-order valence-corrected chi connectivity index (χ2v) is 17.6. The minimum atomic E-state index is 1.07. The van der Waals surface area contributed by atoms with E-state index in [1.807, 2.05) is 0 Å². The Kier molecular flexibility index (Phi) is 11.0. The van der Waals surface area contributed by atoms with Crippen LogP contribution in [-0.2, 0) is 0 Å². The molecule has 0 fully saturated rings. The number of benzene rings is 12. The lowest BCUT2D eigenvalue weighted by atomic mass is 9.84. The smallest absolute Gasteiger partial charge is 0.0468 e. The van der Waals surface area contributed by atoms with Gasteiger partial charge in [-0.1, -0.05) is 243 Å². The number of hydrogen-bond acceptors (Lipinski definition) is 1. The van der Waals surface area contributed by atoms with Crippen LogP contribution >= 0.6 is 0 Å². The molecule has 12 aromatic rings. The fourth-order valence-corrected chi connectivity index (χ4v) is 10.2. The Morgan fingerprint density at radius 3 is 0.957 bits per heavy atom. The Morgan fingerprint density at radius 2 is 0.507 bits per heavy atom. The van der Waals surface area contributed by atoms with E-state index in [0.717, 1.165) is 22.6 Å². The van der Waals surface area contributed by atoms with E-state index in [1.165, 1.54) is 93.9 Å². The van der Waals surface area contributed by atoms with Crippen molar-refractivity contribution < 1.29 is 0 Å². The highest BCUT2D eigenvalue weighted by Crippen LogP contribution is 2.47. The number of fused-ring (bicyclic) bond motifs is 3. The van der Waals surface area contributed by atoms with Gasteiger partial charge in [0.1, 0.15) is 0 Å². The summed E-state index contributed by atoms with van der Waals surface area (Å²) in [6.07, 6.45) is 0. The van der Waals surface area contributed by atoms with Crippen LogP contribution in [-0.4, -0.2) is 0 Å². The summed E-state index contributed by atoms with van der Waals surface area (Å²) in [5, 5.41) is 4.99. The SMILES string of the molecule is c1ccc(-c2ccc(N(c3ccc(-c4ccc5c(c4)c(-c4ccccc4)c(-c4ccccc4)c4ccccc45)cc3)c3ccc(-c4ccccc4)c(-c4ccccc4)c3)cc2-c2ccccc2)cc1. The van der Waals surface area contributed by atoms with E-state index in [2.05, 4.69) is 290 Å². The Labute approximate surface area is 404 Å². The third kappa shape index (κ3) is 7.97. The van der Waals surface area contributed by atoms with Crippen molar-refractivity contribution in [1.82, 2.24) is 0 Å². The van der Waals surface area contributed by atoms with Crippen molar-refractivity contribution in [1.29, 1.82) is 0 Å². The summed E-state index contributed by atoms with van der Waals surface area (Å²) in [7, 11) is 0. The van der Waals surface area contributed by atoms with Crippen molar-refractivity contribution in [3.8, 4) is 77.9 Å². The number of hydrogen-bond donors (Lipinski definition) is 0. The first-order chi connectivity index (χ1) is 34.2. The van der Waals surface area contributed by atoms with Crippen LogP contribution in [0.25, 0.3) is 99.4 Å². The van der Waals surface area contributed by atoms with Crippen molar-refractivity contribution in [2.45, 2.75) is 0 Å². The average molecular weight is 878 g/mol. The van der Waals surface area contributed by atoms with Gasteiger partial charge in [0, 0.05) is 17.1 Å². The molecule has 0 aliphatic heterocycles. The third-order valence-electron chi connectivity index (χ3n) is 13.5. The maximum atomic E-state index is 2.42. The van der Waals surface area contributed by atoms with Crippen molar-refractivity contribution in [3.63, 3.8) is 0 Å². The molecule has 12 aromatic carbocycles. The third-order valence-corrected chi connectivity index (χ3v) is 13.5. The van der Waals surface area contributed by atoms with Gasteiger partial charge in [0.25, 0.3) is 0 Å². The van der Waals surface area contributed by atoms with Crippen LogP contribution < -0.4 is 4.90 Å². The molecule has 1 heteroatoms. The van der Waals surface area contributed by atoms with E-state index in [9.17, 15) is 0 Å². The summed E-state index contributed by atoms with van der Waals surface area (Å²) < 4.78 is 0. The van der Waals surface area contributed by atoms with Gasteiger partial charge in [-0.05, 0) is 142 Å². The van der Waals surface area contributed by atoms with Gasteiger partial charge >= 0.3 is 0 Å². The zero-order valence-corrected chi connectivity index (χ0v) is 38.1. The molecule has 0 spiro atoms. The van der Waals surface area contributed by atoms with E-state index >= 15 is 0 Å². The van der Waals surface area contributed by atoms with Gasteiger partial charge in [-0.25, -0.2) is 0 Å². The van der Waals surface area contributed by atoms with Gasteiger partial charge in [0.15, 0.2) is 0 Å². The first kappa shape index (κ1) is 41.4. The van der Waals surface area contributed by atoms with Crippen LogP contribution in [0.2, 0.25) is 0 Å². The first-order valence-corrected chi connectivity index (χ1v) is 23.7. The Hall–Kier alpha value is -9.04. The lowest BCUT2D eigenvalue weighted by molar-refractivity contribution is 1.28. The fraction of sp³-hybridized carbons (Fsp3) is 0. The summed E-state index contributed by atoms with van der Waals surface area (Å²) in [6, 6.07) is 104. The Morgan fingerprint density at radius 1 is 0.174 bits per heavy atom. The zero-order chi connectivity index (χ0) is 45.9. The Bertz CT molecular complexity index is 3590. The van der Waals surface area contributed by atoms with Crippen molar-refractivity contribution in [2.75, 3.05) is 4.90 Å². The molecular weight excluding hydrogens is 831 g/mol. The van der Waals surface area contributed by atoms with Gasteiger partial charge in [0.2, 0.25) is 0 Å². The molecule has 0 N–H and O–H groups in total. The van der Waals surface area contributed by atoms with E-state index < -0.39 is 0 Å². The molecule has 0 radical (unpaired) electrons. The van der Waals surface area contributed by atoms with Crippen LogP contribution in [0.3, 0.4) is 0 Å². The minimum Gasteiger partial charge on any atom is -0.310 e. The van der Waals surface area contributed by atoms with Crippen LogP contribution in [0, 0.1) is 0 Å². The molecule has 0 aromatic heterocycles. The topological polar surface area (TPSA) is 3.24 Å². The average Bonchev–Trinajstić information content (AvgIpc) is 3.44. The molecular formula is C68H47N. The predicted molar refractivity (Wildman–Crippen MR) is 294 cm³/mol. The lowest BCUT2D eigenvalue weighted by Gasteiger charge is -2.28. The van der Waals surface area contributed by atoms with Crippen LogP contribution in [0.5, 0.6) is 0 Å². The number of anilines is 3. The molecule has 0 heterocycles. The molecule has 0 aliphatic carbocycles. The van der Waals surface area contributed by atoms with E-state index in [4.69, 9.17) is 0 Å². The van der Waals surface area contributed by atoms with Gasteiger partial charge in [-0.15, -0.1) is 0 Å². The zero-order valence-electron chi connectivity index (χ0n) is 38.1. The number of nitrogens with zero attached hydrogens (tertiary/aromatic N) is 1. The number of rotatable bonds is 10. The largest absolute Gasteiger partial charge is 0.310 e. The molecule has 324 valence electrons. The molecule has 1 nitrogen and oxygen atoms in total. The summed E-state index contributed by atoms with van der Waals surface area (Å²) in [6.45, 7) is 0. The molecule has 0 bridgehead atoms. The second-order valence-electron chi connectivity index (χ2n) is 17.6. The summed E-state index contributed by atoms with van der Waals surface area (Å²) in [4.78, 5) is 2.42. The van der Waals surface area contributed by atoms with E-state index in [0.29, 0.717) is 0 Å². The molecule has 0 atom stereocenters. The fourth-order valence-electron chi connectivity index (χ4n) is 10.2. The lowest BCUT2D eigenvalue weighted by Crippen LogP contribution is -2.10. The molecule has 0 aliphatic rings. The van der Waals surface area contributed by atoms with Gasteiger partial charge in [-0.3, -0.25) is 0 Å². The molecule has 0 saturated heterocycles. The molecule has 0 amide bonds. The van der Waals surface area contributed by atoms with Crippen LogP contribution in [0.1, 0.15) is 0 Å². The molecule has 0 saturated carbocycles. The normalized spacial score (nSPS) is 11.2. The predicted octanol–water partition coefficient (Wildman–Crippen LogP) is 19.1. The van der Waals surface area contributed by atoms with Gasteiger partial charge in [-0.2, -0.15) is 0 Å². The Balaban J connectivity index is 1.04. The van der Waals surface area contributed by atoms with Crippen LogP contribution in [0.4, 0.5) is 17.1 Å². The van der Waals surface area contributed by atoms with E-state index in [1.54, 1.807) is 0 Å². The monoisotopic (exact) mass is 877 g/mol. The highest BCUT2D eigenvalue weighted by Gasteiger charge is 2.21. The second kappa shape index (κ2) is 18.3. The summed E-state index contributed by atoms with van der Waals surface area (Å²) >= 11 is 0. The van der Waals surface area contributed by atoms with E-state index in [-0.39, 0.29) is 0 Å². The molecule has 12 rings (SSSR count). The van der Waals surface area contributed by atoms with Gasteiger partial charge in [0.05, 0.1) is 0 Å². The quantitative estimate of drug-likeness (QED) is 0.124. The summed E-state index contributed by atoms with van der Waals surface area (Å²) in [5.41, 5.74) is 19.9. The standard InChI is InChI=1S/C68H47N/c1-7-21-49(22-8-1)59-43-40-57(46-64(59)51-25-11-3-12-26-51)69(58-41-44-60(50-23-9-2-10-24-50)65(47-58)52-27-13-4-14-28-52)56-38-35-48(36-39-56)55-37-42-62-61-33-19-20-34-63(61)67(53-29-15-5-16-30-53)68(66(62)45-55)54-31-17-6-18-32-54/h1-47H. The highest BCUT2D eigenvalue weighted by atomic mass is 15.1. The van der Waals surface area contributed by atoms with Gasteiger partial charge < -0.3 is 4.90 Å². The minimum absolute atomic E-state index is 1.07. The van der Waals surface area contributed by atoms with Crippen molar-refractivity contribution in [3.05, 3.63) is 285 Å². The first-order valence-electron chi connectivity index (χ1n) is 23.7. The van der Waals surface area contributed by atoms with Crippen molar-refractivity contribution >= 4 is 38.6 Å². The maximum absolute atomic E-state index is 2.42. The maximum Gasteiger partial charge on any atom is 0.0468 e. The molecule has 69 heavy (non-hydrogen) atoms. The molecule has 0 unspecified atom stereocenters.